The molecule has 0 saturated carbocycles. The molecule has 0 aliphatic rings. The topological polar surface area (TPSA) is 31.2 Å². The first-order chi connectivity index (χ1) is 28.2. The number of hydrogen-bond donors (Lipinski definition) is 0. The first-order valence-electron chi connectivity index (χ1n) is 19.4. The molecule has 3 nitrogen and oxygen atoms in total. The zero-order valence-electron chi connectivity index (χ0n) is 30.8. The Hall–Kier alpha value is -7.62. The van der Waals surface area contributed by atoms with Crippen molar-refractivity contribution in [2.24, 2.45) is 0 Å². The quantitative estimate of drug-likeness (QED) is 0.177. The third-order valence-electron chi connectivity index (χ3n) is 11.6. The van der Waals surface area contributed by atoms with Gasteiger partial charge in [-0.3, -0.25) is 0 Å². The van der Waals surface area contributed by atoms with Crippen LogP contribution in [0.3, 0.4) is 0 Å². The van der Waals surface area contributed by atoms with Crippen molar-refractivity contribution in [1.29, 1.82) is 0 Å². The molecule has 12 aromatic rings. The van der Waals surface area contributed by atoms with Gasteiger partial charge in [-0.2, -0.15) is 0 Å². The molecule has 3 heteroatoms. The normalized spacial score (nSPS) is 11.9. The van der Waals surface area contributed by atoms with Crippen molar-refractivity contribution >= 4 is 65.7 Å². The monoisotopic (exact) mass is 727 g/mol. The molecule has 12 rings (SSSR count). The van der Waals surface area contributed by atoms with E-state index >= 15 is 0 Å². The van der Waals surface area contributed by atoms with Crippen molar-refractivity contribution in [3.8, 4) is 50.2 Å². The highest BCUT2D eigenvalue weighted by atomic mass is 16.3. The summed E-state index contributed by atoms with van der Waals surface area (Å²) in [6.45, 7) is 0. The SMILES string of the molecule is c1ccc(-c2ccc3c(c2)c2ccc(-c4ccc5oc6ccc(-c7cccc(-c8ccc9oc%10ccccc%10c9c8)c7)cc6c5c4)cc2n3-c2ccccc2)cc1. The molecule has 0 spiro atoms. The summed E-state index contributed by atoms with van der Waals surface area (Å²) in [7, 11) is 0. The third-order valence-corrected chi connectivity index (χ3v) is 11.6. The van der Waals surface area contributed by atoms with E-state index in [1.807, 2.05) is 12.1 Å². The van der Waals surface area contributed by atoms with Gasteiger partial charge in [-0.1, -0.05) is 121 Å². The molecule has 0 amide bonds. The lowest BCUT2D eigenvalue weighted by atomic mass is 9.96. The maximum atomic E-state index is 6.42. The minimum atomic E-state index is 0.883. The van der Waals surface area contributed by atoms with Gasteiger partial charge in [-0.25, -0.2) is 0 Å². The largest absolute Gasteiger partial charge is 0.456 e. The van der Waals surface area contributed by atoms with E-state index in [1.54, 1.807) is 0 Å². The van der Waals surface area contributed by atoms with Crippen molar-refractivity contribution in [3.63, 3.8) is 0 Å². The maximum Gasteiger partial charge on any atom is 0.135 e. The number of rotatable bonds is 5. The number of nitrogens with zero attached hydrogens (tertiary/aromatic N) is 1. The van der Waals surface area contributed by atoms with E-state index in [1.165, 1.54) is 38.5 Å². The highest BCUT2D eigenvalue weighted by Crippen LogP contribution is 2.40. The lowest BCUT2D eigenvalue weighted by molar-refractivity contribution is 0.668. The number of furan rings is 2. The summed E-state index contributed by atoms with van der Waals surface area (Å²) in [6, 6.07) is 71.7. The number of aromatic nitrogens is 1. The van der Waals surface area contributed by atoms with Crippen LogP contribution in [0.5, 0.6) is 0 Å². The van der Waals surface area contributed by atoms with Crippen molar-refractivity contribution in [1.82, 2.24) is 4.57 Å². The maximum absolute atomic E-state index is 6.42. The third kappa shape index (κ3) is 5.13. The van der Waals surface area contributed by atoms with E-state index in [2.05, 4.69) is 193 Å². The molecule has 0 radical (unpaired) electrons. The number of hydrogen-bond acceptors (Lipinski definition) is 2. The predicted octanol–water partition coefficient (Wildman–Crippen LogP) is 15.3. The van der Waals surface area contributed by atoms with Gasteiger partial charge < -0.3 is 13.4 Å². The average Bonchev–Trinajstić information content (AvgIpc) is 3.95. The van der Waals surface area contributed by atoms with E-state index in [0.717, 1.165) is 77.4 Å². The van der Waals surface area contributed by atoms with Crippen LogP contribution in [0.2, 0.25) is 0 Å². The van der Waals surface area contributed by atoms with Gasteiger partial charge in [-0.15, -0.1) is 0 Å². The molecule has 0 bridgehead atoms. The van der Waals surface area contributed by atoms with Crippen LogP contribution >= 0.6 is 0 Å². The van der Waals surface area contributed by atoms with E-state index in [4.69, 9.17) is 8.83 Å². The van der Waals surface area contributed by atoms with Crippen LogP contribution in [-0.4, -0.2) is 4.57 Å². The Morgan fingerprint density at radius 3 is 1.37 bits per heavy atom. The molecule has 0 aliphatic heterocycles. The van der Waals surface area contributed by atoms with Crippen molar-refractivity contribution in [2.75, 3.05) is 0 Å². The van der Waals surface area contributed by atoms with Crippen molar-refractivity contribution in [2.45, 2.75) is 0 Å². The Morgan fingerprint density at radius 1 is 0.246 bits per heavy atom. The summed E-state index contributed by atoms with van der Waals surface area (Å²) in [5.74, 6) is 0. The Labute approximate surface area is 328 Å². The summed E-state index contributed by atoms with van der Waals surface area (Å²) in [4.78, 5) is 0. The molecule has 57 heavy (non-hydrogen) atoms. The second-order valence-electron chi connectivity index (χ2n) is 14.9. The molecule has 0 unspecified atom stereocenters. The molecular formula is C54H33NO2. The van der Waals surface area contributed by atoms with Crippen LogP contribution in [0.25, 0.3) is 116 Å². The smallest absolute Gasteiger partial charge is 0.135 e. The van der Waals surface area contributed by atoms with Gasteiger partial charge in [0.1, 0.15) is 22.3 Å². The summed E-state index contributed by atoms with van der Waals surface area (Å²) < 4.78 is 14.9. The number of benzene rings is 9. The van der Waals surface area contributed by atoms with Crippen molar-refractivity contribution in [3.05, 3.63) is 200 Å². The van der Waals surface area contributed by atoms with Gasteiger partial charge in [0.15, 0.2) is 0 Å². The van der Waals surface area contributed by atoms with Crippen molar-refractivity contribution < 1.29 is 8.83 Å². The number of para-hydroxylation sites is 2. The fraction of sp³-hybridized carbons (Fsp3) is 0. The Kier molecular flexibility index (Phi) is 6.93. The van der Waals surface area contributed by atoms with Gasteiger partial charge >= 0.3 is 0 Å². The van der Waals surface area contributed by atoms with E-state index in [-0.39, 0.29) is 0 Å². The molecule has 0 fully saturated rings. The number of fused-ring (bicyclic) bond motifs is 9. The standard InChI is InChI=1S/C54H33NO2/c1-3-10-34(11-4-1)37-19-24-49-45(29-37)43-23-18-41(33-50(43)55(49)42-14-5-2-6-15-42)40-22-27-54-48(32-40)47-31-39(21-26-53(47)57-54)36-13-9-12-35(28-36)38-20-25-52-46(30-38)44-16-7-8-17-51(44)56-52/h1-33H. The van der Waals surface area contributed by atoms with Crippen LogP contribution in [0.1, 0.15) is 0 Å². The molecule has 0 atom stereocenters. The second kappa shape index (κ2) is 12.5. The van der Waals surface area contributed by atoms with Crippen LogP contribution < -0.4 is 0 Å². The Morgan fingerprint density at radius 2 is 0.702 bits per heavy atom. The first kappa shape index (κ1) is 31.7. The summed E-state index contributed by atoms with van der Waals surface area (Å²) in [5, 5.41) is 6.95. The van der Waals surface area contributed by atoms with Gasteiger partial charge in [-0.05, 0) is 123 Å². The molecule has 266 valence electrons. The van der Waals surface area contributed by atoms with Gasteiger partial charge in [0, 0.05) is 38.0 Å². The predicted molar refractivity (Wildman–Crippen MR) is 237 cm³/mol. The summed E-state index contributed by atoms with van der Waals surface area (Å²) >= 11 is 0. The Bertz CT molecular complexity index is 3510. The Balaban J connectivity index is 0.959. The van der Waals surface area contributed by atoms with Crippen LogP contribution in [0.15, 0.2) is 209 Å². The molecule has 3 aromatic heterocycles. The van der Waals surface area contributed by atoms with Gasteiger partial charge in [0.25, 0.3) is 0 Å². The molecule has 0 N–H and O–H groups in total. The minimum Gasteiger partial charge on any atom is -0.456 e. The first-order valence-corrected chi connectivity index (χ1v) is 19.4. The highest BCUT2D eigenvalue weighted by Gasteiger charge is 2.16. The van der Waals surface area contributed by atoms with E-state index in [9.17, 15) is 0 Å². The molecule has 0 aliphatic carbocycles. The molecule has 3 heterocycles. The average molecular weight is 728 g/mol. The van der Waals surface area contributed by atoms with E-state index in [0.29, 0.717) is 0 Å². The van der Waals surface area contributed by atoms with E-state index < -0.39 is 0 Å². The molecular weight excluding hydrogens is 695 g/mol. The van der Waals surface area contributed by atoms with Crippen LogP contribution in [0.4, 0.5) is 0 Å². The fourth-order valence-electron chi connectivity index (χ4n) is 8.79. The summed E-state index contributed by atoms with van der Waals surface area (Å²) in [6.07, 6.45) is 0. The van der Waals surface area contributed by atoms with Crippen LogP contribution in [-0.2, 0) is 0 Å². The van der Waals surface area contributed by atoms with Crippen LogP contribution in [0, 0.1) is 0 Å². The van der Waals surface area contributed by atoms with Gasteiger partial charge in [0.05, 0.1) is 11.0 Å². The lowest BCUT2D eigenvalue weighted by Gasteiger charge is -2.09. The fourth-order valence-corrected chi connectivity index (χ4v) is 8.79. The lowest BCUT2D eigenvalue weighted by Crippen LogP contribution is -1.93. The second-order valence-corrected chi connectivity index (χ2v) is 14.9. The van der Waals surface area contributed by atoms with Gasteiger partial charge in [0.2, 0.25) is 0 Å². The minimum absolute atomic E-state index is 0.883. The summed E-state index contributed by atoms with van der Waals surface area (Å²) in [5.41, 5.74) is 16.5. The zero-order valence-corrected chi connectivity index (χ0v) is 30.8. The zero-order chi connectivity index (χ0) is 37.5. The molecule has 0 saturated heterocycles. The highest BCUT2D eigenvalue weighted by molar-refractivity contribution is 6.12. The molecule has 9 aromatic carbocycles.